The molecule has 0 fully saturated rings. The summed E-state index contributed by atoms with van der Waals surface area (Å²) in [6.07, 6.45) is 0.840. The number of nitrogens with two attached hydrogens (primary N) is 1. The van der Waals surface area contributed by atoms with Crippen LogP contribution in [-0.4, -0.2) is 37.0 Å². The molecule has 2 N–H and O–H groups in total. The van der Waals surface area contributed by atoms with Gasteiger partial charge < -0.3 is 19.8 Å². The molecule has 2 unspecified atom stereocenters. The highest BCUT2D eigenvalue weighted by atomic mass is 16.5. The monoisotopic (exact) mass is 296 g/mol. The molecule has 6 nitrogen and oxygen atoms in total. The fraction of sp³-hybridized carbons (Fsp3) is 0.600. The fourth-order valence-electron chi connectivity index (χ4n) is 2.00. The zero-order chi connectivity index (χ0) is 16.2. The molecule has 1 heterocycles. The van der Waals surface area contributed by atoms with Crippen LogP contribution in [0.2, 0.25) is 0 Å². The molecule has 0 bridgehead atoms. The number of aryl methyl sites for hydroxylation is 1. The molecule has 0 radical (unpaired) electrons. The number of amides is 1. The van der Waals surface area contributed by atoms with Crippen LogP contribution in [0.4, 0.5) is 0 Å². The molecule has 0 spiro atoms. The van der Waals surface area contributed by atoms with Crippen molar-refractivity contribution in [2.75, 3.05) is 14.2 Å². The van der Waals surface area contributed by atoms with Crippen LogP contribution in [0.25, 0.3) is 0 Å². The number of methoxy groups -OCH3 is 1. The lowest BCUT2D eigenvalue weighted by Crippen LogP contribution is -2.45. The largest absolute Gasteiger partial charge is 0.465 e. The summed E-state index contributed by atoms with van der Waals surface area (Å²) < 4.78 is 10.2. The lowest BCUT2D eigenvalue weighted by molar-refractivity contribution is -0.133. The van der Waals surface area contributed by atoms with Crippen molar-refractivity contribution < 1.29 is 18.7 Å². The van der Waals surface area contributed by atoms with Crippen LogP contribution >= 0.6 is 0 Å². The van der Waals surface area contributed by atoms with E-state index in [0.29, 0.717) is 17.1 Å². The molecule has 1 rings (SSSR count). The van der Waals surface area contributed by atoms with E-state index in [0.717, 1.165) is 6.42 Å². The summed E-state index contributed by atoms with van der Waals surface area (Å²) in [7, 11) is 2.98. The molecule has 21 heavy (non-hydrogen) atoms. The van der Waals surface area contributed by atoms with Crippen LogP contribution in [0, 0.1) is 12.8 Å². The average Bonchev–Trinajstić information content (AvgIpc) is 2.84. The number of ether oxygens (including phenoxy) is 1. The molecule has 0 aromatic carbocycles. The third-order valence-electron chi connectivity index (χ3n) is 3.69. The Hall–Kier alpha value is -1.82. The number of rotatable bonds is 6. The highest BCUT2D eigenvalue weighted by Gasteiger charge is 2.24. The van der Waals surface area contributed by atoms with Crippen LogP contribution < -0.4 is 5.73 Å². The smallest absolute Gasteiger partial charge is 0.341 e. The minimum Gasteiger partial charge on any atom is -0.465 e. The molecule has 6 heteroatoms. The van der Waals surface area contributed by atoms with Gasteiger partial charge in [-0.1, -0.05) is 20.3 Å². The standard InChI is InChI=1S/C15H24N2O4/c1-6-9(2)13(16)14(18)17(4)8-11-7-12(10(3)21-11)15(19)20-5/h7,9,13H,6,8,16H2,1-5H3. The van der Waals surface area contributed by atoms with Crippen molar-refractivity contribution in [1.82, 2.24) is 4.90 Å². The van der Waals surface area contributed by atoms with Gasteiger partial charge in [-0.2, -0.15) is 0 Å². The van der Waals surface area contributed by atoms with Crippen molar-refractivity contribution in [3.63, 3.8) is 0 Å². The molecule has 1 aromatic heterocycles. The van der Waals surface area contributed by atoms with Crippen molar-refractivity contribution in [3.05, 3.63) is 23.2 Å². The third-order valence-corrected chi connectivity index (χ3v) is 3.69. The van der Waals surface area contributed by atoms with E-state index in [2.05, 4.69) is 4.74 Å². The Bertz CT molecular complexity index is 510. The number of carbonyl (C=O) groups excluding carboxylic acids is 2. The van der Waals surface area contributed by atoms with Crippen molar-refractivity contribution in [2.24, 2.45) is 11.7 Å². The van der Waals surface area contributed by atoms with Crippen LogP contribution in [0.15, 0.2) is 10.5 Å². The Morgan fingerprint density at radius 2 is 2.10 bits per heavy atom. The van der Waals surface area contributed by atoms with Crippen molar-refractivity contribution in [3.8, 4) is 0 Å². The first-order chi connectivity index (χ1) is 9.81. The summed E-state index contributed by atoms with van der Waals surface area (Å²) in [5.41, 5.74) is 6.31. The highest BCUT2D eigenvalue weighted by molar-refractivity contribution is 5.90. The number of esters is 1. The predicted octanol–water partition coefficient (Wildman–Crippen LogP) is 1.71. The van der Waals surface area contributed by atoms with Gasteiger partial charge in [-0.15, -0.1) is 0 Å². The molecule has 2 atom stereocenters. The molecule has 1 aromatic rings. The first kappa shape index (κ1) is 17.2. The van der Waals surface area contributed by atoms with Crippen molar-refractivity contribution >= 4 is 11.9 Å². The fourth-order valence-corrected chi connectivity index (χ4v) is 2.00. The van der Waals surface area contributed by atoms with Gasteiger partial charge in [0.15, 0.2) is 0 Å². The minimum absolute atomic E-state index is 0.115. The molecule has 118 valence electrons. The van der Waals surface area contributed by atoms with Gasteiger partial charge >= 0.3 is 5.97 Å². The first-order valence-electron chi connectivity index (χ1n) is 6.99. The molecule has 0 saturated heterocycles. The SMILES string of the molecule is CCC(C)C(N)C(=O)N(C)Cc1cc(C(=O)OC)c(C)o1. The molecule has 1 amide bonds. The zero-order valence-electron chi connectivity index (χ0n) is 13.3. The number of likely N-dealkylation sites (N-methyl/N-ethyl adjacent to an activating group) is 1. The van der Waals surface area contributed by atoms with E-state index in [1.807, 2.05) is 13.8 Å². The van der Waals surface area contributed by atoms with E-state index in [1.165, 1.54) is 12.0 Å². The molecule has 0 aliphatic heterocycles. The number of hydrogen-bond acceptors (Lipinski definition) is 5. The summed E-state index contributed by atoms with van der Waals surface area (Å²) in [5, 5.41) is 0. The Balaban J connectivity index is 2.77. The minimum atomic E-state index is -0.531. The first-order valence-corrected chi connectivity index (χ1v) is 6.99. The van der Waals surface area contributed by atoms with Gasteiger partial charge in [0.25, 0.3) is 0 Å². The average molecular weight is 296 g/mol. The second-order valence-corrected chi connectivity index (χ2v) is 5.28. The van der Waals surface area contributed by atoms with Crippen molar-refractivity contribution in [2.45, 2.75) is 39.8 Å². The summed E-state index contributed by atoms with van der Waals surface area (Å²) in [4.78, 5) is 25.2. The maximum absolute atomic E-state index is 12.2. The normalized spacial score (nSPS) is 13.6. The van der Waals surface area contributed by atoms with Gasteiger partial charge in [-0.25, -0.2) is 4.79 Å². The lowest BCUT2D eigenvalue weighted by atomic mass is 9.99. The van der Waals surface area contributed by atoms with Gasteiger partial charge in [-0.05, 0) is 18.9 Å². The Labute approximate surface area is 125 Å². The van der Waals surface area contributed by atoms with Gasteiger partial charge in [0.05, 0.1) is 19.7 Å². The van der Waals surface area contributed by atoms with E-state index in [1.54, 1.807) is 20.0 Å². The summed E-state index contributed by atoms with van der Waals surface area (Å²) >= 11 is 0. The van der Waals surface area contributed by atoms with E-state index < -0.39 is 12.0 Å². The molecular weight excluding hydrogens is 272 g/mol. The number of furan rings is 1. The van der Waals surface area contributed by atoms with E-state index in [4.69, 9.17) is 10.2 Å². The van der Waals surface area contributed by atoms with Gasteiger partial charge in [-0.3, -0.25) is 4.79 Å². The van der Waals surface area contributed by atoms with Gasteiger partial charge in [0, 0.05) is 7.05 Å². The molecule has 0 aliphatic carbocycles. The Morgan fingerprint density at radius 1 is 1.48 bits per heavy atom. The maximum Gasteiger partial charge on any atom is 0.341 e. The van der Waals surface area contributed by atoms with Crippen LogP contribution in [0.5, 0.6) is 0 Å². The number of hydrogen-bond donors (Lipinski definition) is 1. The predicted molar refractivity (Wildman–Crippen MR) is 78.7 cm³/mol. The zero-order valence-corrected chi connectivity index (χ0v) is 13.3. The van der Waals surface area contributed by atoms with E-state index in [-0.39, 0.29) is 18.4 Å². The van der Waals surface area contributed by atoms with Crippen molar-refractivity contribution in [1.29, 1.82) is 0 Å². The van der Waals surface area contributed by atoms with E-state index in [9.17, 15) is 9.59 Å². The maximum atomic E-state index is 12.2. The van der Waals surface area contributed by atoms with Gasteiger partial charge in [0.1, 0.15) is 17.1 Å². The summed E-state index contributed by atoms with van der Waals surface area (Å²) in [6.45, 7) is 5.89. The quantitative estimate of drug-likeness (QED) is 0.808. The Kier molecular flexibility index (Phi) is 5.96. The van der Waals surface area contributed by atoms with E-state index >= 15 is 0 Å². The van der Waals surface area contributed by atoms with Crippen LogP contribution in [0.1, 0.15) is 42.1 Å². The van der Waals surface area contributed by atoms with Crippen LogP contribution in [-0.2, 0) is 16.1 Å². The second kappa shape index (κ2) is 7.26. The third kappa shape index (κ3) is 4.07. The molecular formula is C15H24N2O4. The summed E-state index contributed by atoms with van der Waals surface area (Å²) in [5.74, 6) is 0.527. The number of carbonyl (C=O) groups is 2. The Morgan fingerprint density at radius 3 is 2.62 bits per heavy atom. The highest BCUT2D eigenvalue weighted by Crippen LogP contribution is 2.18. The topological polar surface area (TPSA) is 85.8 Å². The summed E-state index contributed by atoms with van der Waals surface area (Å²) in [6, 6.07) is 1.07. The van der Waals surface area contributed by atoms with Crippen LogP contribution in [0.3, 0.4) is 0 Å². The second-order valence-electron chi connectivity index (χ2n) is 5.28. The number of nitrogens with zero attached hydrogens (tertiary/aromatic N) is 1. The van der Waals surface area contributed by atoms with Gasteiger partial charge in [0.2, 0.25) is 5.91 Å². The lowest BCUT2D eigenvalue weighted by Gasteiger charge is -2.23. The molecule has 0 saturated carbocycles. The molecule has 0 aliphatic rings.